The van der Waals surface area contributed by atoms with Gasteiger partial charge in [0.15, 0.2) is 0 Å². The van der Waals surface area contributed by atoms with Crippen molar-refractivity contribution in [2.24, 2.45) is 17.8 Å². The van der Waals surface area contributed by atoms with Crippen LogP contribution >= 0.6 is 0 Å². The Morgan fingerprint density at radius 3 is 2.67 bits per heavy atom. The smallest absolute Gasteiger partial charge is 0.309 e. The van der Waals surface area contributed by atoms with Crippen LogP contribution in [0.1, 0.15) is 25.7 Å². The van der Waals surface area contributed by atoms with Gasteiger partial charge in [0.2, 0.25) is 0 Å². The molecule has 0 heterocycles. The Kier molecular flexibility index (Phi) is 1.83. The Morgan fingerprint density at radius 2 is 2.00 bits per heavy atom. The largest absolute Gasteiger partial charge is 0.481 e. The molecule has 2 rings (SSSR count). The van der Waals surface area contributed by atoms with Gasteiger partial charge in [-0.05, 0) is 31.1 Å². The standard InChI is InChI=1S/C9H14O3/c10-7-4-5-1-2-6(3-5)8(7)9(11)12/h5-8,10H,1-4H2,(H,11,12). The van der Waals surface area contributed by atoms with Crippen LogP contribution in [0.3, 0.4) is 0 Å². The summed E-state index contributed by atoms with van der Waals surface area (Å²) >= 11 is 0. The summed E-state index contributed by atoms with van der Waals surface area (Å²) in [5, 5.41) is 18.4. The molecular formula is C9H14O3. The Labute approximate surface area is 71.4 Å². The van der Waals surface area contributed by atoms with E-state index in [1.165, 1.54) is 0 Å². The Hall–Kier alpha value is -0.570. The Morgan fingerprint density at radius 1 is 1.25 bits per heavy atom. The van der Waals surface area contributed by atoms with Crippen molar-refractivity contribution in [3.05, 3.63) is 0 Å². The van der Waals surface area contributed by atoms with Gasteiger partial charge in [-0.1, -0.05) is 6.42 Å². The predicted molar refractivity (Wildman–Crippen MR) is 42.6 cm³/mol. The maximum Gasteiger partial charge on any atom is 0.309 e. The number of hydrogen-bond donors (Lipinski definition) is 2. The van der Waals surface area contributed by atoms with Crippen LogP contribution in [0.2, 0.25) is 0 Å². The number of carboxylic acid groups (broad SMARTS) is 1. The molecule has 0 amide bonds. The Balaban J connectivity index is 2.15. The lowest BCUT2D eigenvalue weighted by atomic mass is 9.78. The first kappa shape index (κ1) is 8.05. The second-order valence-corrected chi connectivity index (χ2v) is 4.11. The van der Waals surface area contributed by atoms with Gasteiger partial charge in [-0.3, -0.25) is 4.79 Å². The van der Waals surface area contributed by atoms with Gasteiger partial charge in [0.25, 0.3) is 0 Å². The molecule has 3 nitrogen and oxygen atoms in total. The van der Waals surface area contributed by atoms with Crippen molar-refractivity contribution in [1.29, 1.82) is 0 Å². The first-order valence-corrected chi connectivity index (χ1v) is 4.59. The quantitative estimate of drug-likeness (QED) is 0.614. The van der Waals surface area contributed by atoms with E-state index >= 15 is 0 Å². The minimum Gasteiger partial charge on any atom is -0.481 e. The lowest BCUT2D eigenvalue weighted by molar-refractivity contribution is -0.150. The van der Waals surface area contributed by atoms with Gasteiger partial charge in [-0.15, -0.1) is 0 Å². The third kappa shape index (κ3) is 1.12. The van der Waals surface area contributed by atoms with Crippen LogP contribution in [0.15, 0.2) is 0 Å². The van der Waals surface area contributed by atoms with Crippen LogP contribution < -0.4 is 0 Å². The van der Waals surface area contributed by atoms with E-state index < -0.39 is 18.0 Å². The molecule has 4 unspecified atom stereocenters. The normalized spacial score (nSPS) is 46.1. The van der Waals surface area contributed by atoms with Crippen LogP contribution in [-0.2, 0) is 4.79 Å². The second kappa shape index (κ2) is 2.73. The van der Waals surface area contributed by atoms with Crippen molar-refractivity contribution in [2.75, 3.05) is 0 Å². The molecule has 3 heteroatoms. The van der Waals surface area contributed by atoms with Crippen LogP contribution in [-0.4, -0.2) is 22.3 Å². The molecule has 68 valence electrons. The minimum absolute atomic E-state index is 0.247. The zero-order valence-corrected chi connectivity index (χ0v) is 6.94. The van der Waals surface area contributed by atoms with E-state index in [0.29, 0.717) is 12.3 Å². The average Bonchev–Trinajstić information content (AvgIpc) is 2.31. The molecule has 0 aromatic carbocycles. The van der Waals surface area contributed by atoms with Gasteiger partial charge in [-0.25, -0.2) is 0 Å². The molecule has 0 aliphatic heterocycles. The summed E-state index contributed by atoms with van der Waals surface area (Å²) in [6.45, 7) is 0. The predicted octanol–water partition coefficient (Wildman–Crippen LogP) is 0.868. The molecule has 2 bridgehead atoms. The fourth-order valence-corrected chi connectivity index (χ4v) is 2.82. The first-order chi connectivity index (χ1) is 5.68. The molecule has 0 aromatic rings. The van der Waals surface area contributed by atoms with Gasteiger partial charge >= 0.3 is 5.97 Å². The highest BCUT2D eigenvalue weighted by Gasteiger charge is 2.44. The van der Waals surface area contributed by atoms with Crippen molar-refractivity contribution in [3.63, 3.8) is 0 Å². The molecule has 2 fully saturated rings. The molecule has 0 radical (unpaired) electrons. The number of carboxylic acids is 1. The van der Waals surface area contributed by atoms with Crippen LogP contribution in [0.5, 0.6) is 0 Å². The van der Waals surface area contributed by atoms with Gasteiger partial charge < -0.3 is 10.2 Å². The summed E-state index contributed by atoms with van der Waals surface area (Å²) < 4.78 is 0. The topological polar surface area (TPSA) is 57.5 Å². The van der Waals surface area contributed by atoms with Gasteiger partial charge in [0.1, 0.15) is 0 Å². The third-order valence-corrected chi connectivity index (χ3v) is 3.36. The van der Waals surface area contributed by atoms with Crippen molar-refractivity contribution in [1.82, 2.24) is 0 Å². The lowest BCUT2D eigenvalue weighted by Gasteiger charge is -2.30. The molecule has 0 saturated heterocycles. The number of fused-ring (bicyclic) bond motifs is 2. The van der Waals surface area contributed by atoms with E-state index in [1.54, 1.807) is 0 Å². The molecule has 2 aliphatic carbocycles. The lowest BCUT2D eigenvalue weighted by Crippen LogP contribution is -2.37. The highest BCUT2D eigenvalue weighted by Crippen LogP contribution is 2.45. The molecular weight excluding hydrogens is 156 g/mol. The van der Waals surface area contributed by atoms with Crippen molar-refractivity contribution in [3.8, 4) is 0 Å². The van der Waals surface area contributed by atoms with Gasteiger partial charge in [0, 0.05) is 0 Å². The number of rotatable bonds is 1. The van der Waals surface area contributed by atoms with E-state index in [2.05, 4.69) is 0 Å². The van der Waals surface area contributed by atoms with Crippen LogP contribution in [0.4, 0.5) is 0 Å². The number of carbonyl (C=O) groups is 1. The molecule has 0 spiro atoms. The number of aliphatic hydroxyl groups is 1. The number of aliphatic carboxylic acids is 1. The summed E-state index contributed by atoms with van der Waals surface area (Å²) in [6.07, 6.45) is 3.25. The molecule has 2 aliphatic rings. The van der Waals surface area contributed by atoms with Crippen molar-refractivity contribution in [2.45, 2.75) is 31.8 Å². The first-order valence-electron chi connectivity index (χ1n) is 4.59. The summed E-state index contributed by atoms with van der Waals surface area (Å²) in [4.78, 5) is 10.8. The molecule has 2 N–H and O–H groups in total. The van der Waals surface area contributed by atoms with Crippen molar-refractivity contribution >= 4 is 5.97 Å². The molecule has 12 heavy (non-hydrogen) atoms. The third-order valence-electron chi connectivity index (χ3n) is 3.36. The monoisotopic (exact) mass is 170 g/mol. The molecule has 2 saturated carbocycles. The van der Waals surface area contributed by atoms with E-state index in [0.717, 1.165) is 19.3 Å². The summed E-state index contributed by atoms with van der Waals surface area (Å²) in [5.41, 5.74) is 0. The second-order valence-electron chi connectivity index (χ2n) is 4.11. The summed E-state index contributed by atoms with van der Waals surface area (Å²) in [7, 11) is 0. The fraction of sp³-hybridized carbons (Fsp3) is 0.889. The number of aliphatic hydroxyl groups excluding tert-OH is 1. The zero-order chi connectivity index (χ0) is 8.72. The van der Waals surface area contributed by atoms with E-state index in [9.17, 15) is 9.90 Å². The average molecular weight is 170 g/mol. The van der Waals surface area contributed by atoms with Crippen LogP contribution in [0.25, 0.3) is 0 Å². The molecule has 4 atom stereocenters. The number of hydrogen-bond acceptors (Lipinski definition) is 2. The van der Waals surface area contributed by atoms with E-state index in [-0.39, 0.29) is 5.92 Å². The highest BCUT2D eigenvalue weighted by molar-refractivity contribution is 5.71. The van der Waals surface area contributed by atoms with Crippen LogP contribution in [0, 0.1) is 17.8 Å². The summed E-state index contributed by atoms with van der Waals surface area (Å²) in [5.74, 6) is -0.451. The van der Waals surface area contributed by atoms with E-state index in [4.69, 9.17) is 5.11 Å². The summed E-state index contributed by atoms with van der Waals surface area (Å²) in [6, 6.07) is 0. The Bertz CT molecular complexity index is 202. The maximum atomic E-state index is 10.8. The molecule has 0 aromatic heterocycles. The minimum atomic E-state index is -0.812. The fourth-order valence-electron chi connectivity index (χ4n) is 2.82. The van der Waals surface area contributed by atoms with Gasteiger partial charge in [-0.2, -0.15) is 0 Å². The van der Waals surface area contributed by atoms with E-state index in [1.807, 2.05) is 0 Å². The maximum absolute atomic E-state index is 10.8. The highest BCUT2D eigenvalue weighted by atomic mass is 16.4. The van der Waals surface area contributed by atoms with Crippen molar-refractivity contribution < 1.29 is 15.0 Å². The zero-order valence-electron chi connectivity index (χ0n) is 6.94. The SMILES string of the molecule is O=C(O)C1C(O)CC2CCC1C2. The van der Waals surface area contributed by atoms with Gasteiger partial charge in [0.05, 0.1) is 12.0 Å².